The maximum atomic E-state index is 13.2. The Morgan fingerprint density at radius 3 is 2.43 bits per heavy atom. The van der Waals surface area contributed by atoms with Crippen molar-refractivity contribution in [1.29, 1.82) is 0 Å². The van der Waals surface area contributed by atoms with Gasteiger partial charge in [-0.15, -0.1) is 0 Å². The van der Waals surface area contributed by atoms with E-state index in [0.29, 0.717) is 11.6 Å². The molecule has 2 aliphatic carbocycles. The highest BCUT2D eigenvalue weighted by Gasteiger charge is 2.26. The van der Waals surface area contributed by atoms with Crippen molar-refractivity contribution in [2.24, 2.45) is 5.92 Å². The number of nitrogens with one attached hydrogen (secondary N) is 1. The van der Waals surface area contributed by atoms with Gasteiger partial charge in [0.05, 0.1) is 12.7 Å². The number of nitrogens with zero attached hydrogens (tertiary/aromatic N) is 2. The van der Waals surface area contributed by atoms with Crippen LogP contribution in [0.2, 0.25) is 0 Å². The highest BCUT2D eigenvalue weighted by molar-refractivity contribution is 5.94. The zero-order valence-electron chi connectivity index (χ0n) is 18.5. The first-order chi connectivity index (χ1) is 14.7. The van der Waals surface area contributed by atoms with Crippen LogP contribution in [0.3, 0.4) is 0 Å². The zero-order valence-corrected chi connectivity index (χ0v) is 18.5. The van der Waals surface area contributed by atoms with Gasteiger partial charge in [0, 0.05) is 18.3 Å². The molecule has 2 saturated carbocycles. The largest absolute Gasteiger partial charge is 0.496 e. The lowest BCUT2D eigenvalue weighted by Gasteiger charge is -2.24. The van der Waals surface area contributed by atoms with E-state index in [-0.39, 0.29) is 11.9 Å². The lowest BCUT2D eigenvalue weighted by Crippen LogP contribution is -2.36. The van der Waals surface area contributed by atoms with Crippen LogP contribution in [0.4, 0.5) is 0 Å². The standard InChI is InChI=1S/C25H35N3O2/c1-18-23(25(29)26-20-13-7-4-8-14-20)27-24(21-15-9-10-16-22(21)30-2)28(18)17-19-11-5-3-6-12-19/h9-10,15-16,19-20H,3-8,11-14,17H2,1-2H3,(H,26,29). The molecule has 5 heteroatoms. The number of methoxy groups -OCH3 is 1. The summed E-state index contributed by atoms with van der Waals surface area (Å²) >= 11 is 0. The maximum absolute atomic E-state index is 13.2. The van der Waals surface area contributed by atoms with Gasteiger partial charge in [0.2, 0.25) is 0 Å². The number of amides is 1. The fourth-order valence-corrected chi connectivity index (χ4v) is 5.14. The van der Waals surface area contributed by atoms with Crippen molar-refractivity contribution in [1.82, 2.24) is 14.9 Å². The van der Waals surface area contributed by atoms with Gasteiger partial charge >= 0.3 is 0 Å². The molecule has 0 spiro atoms. The third-order valence-electron chi connectivity index (χ3n) is 6.89. The number of imidazole rings is 1. The van der Waals surface area contributed by atoms with Crippen molar-refractivity contribution in [3.05, 3.63) is 35.7 Å². The Hall–Kier alpha value is -2.30. The first kappa shape index (κ1) is 21.0. The lowest BCUT2D eigenvalue weighted by molar-refractivity contribution is 0.0922. The Morgan fingerprint density at radius 1 is 1.07 bits per heavy atom. The minimum atomic E-state index is -0.0297. The summed E-state index contributed by atoms with van der Waals surface area (Å²) in [6.07, 6.45) is 12.3. The predicted octanol–water partition coefficient (Wildman–Crippen LogP) is 5.51. The van der Waals surface area contributed by atoms with Crippen LogP contribution in [-0.4, -0.2) is 28.6 Å². The summed E-state index contributed by atoms with van der Waals surface area (Å²) in [5.41, 5.74) is 2.49. The average molecular weight is 410 g/mol. The van der Waals surface area contributed by atoms with E-state index in [1.54, 1.807) is 7.11 Å². The van der Waals surface area contributed by atoms with Crippen molar-refractivity contribution in [2.45, 2.75) is 83.7 Å². The van der Waals surface area contributed by atoms with Crippen molar-refractivity contribution < 1.29 is 9.53 Å². The second-order valence-electron chi connectivity index (χ2n) is 8.99. The quantitative estimate of drug-likeness (QED) is 0.684. The number of benzene rings is 1. The van der Waals surface area contributed by atoms with Crippen molar-refractivity contribution in [3.63, 3.8) is 0 Å². The topological polar surface area (TPSA) is 56.1 Å². The fourth-order valence-electron chi connectivity index (χ4n) is 5.14. The molecular formula is C25H35N3O2. The predicted molar refractivity (Wildman–Crippen MR) is 120 cm³/mol. The molecule has 162 valence electrons. The van der Waals surface area contributed by atoms with Gasteiger partial charge in [0.25, 0.3) is 5.91 Å². The van der Waals surface area contributed by atoms with Crippen LogP contribution < -0.4 is 10.1 Å². The molecule has 0 atom stereocenters. The minimum Gasteiger partial charge on any atom is -0.496 e. The lowest BCUT2D eigenvalue weighted by atomic mass is 9.89. The number of hydrogen-bond acceptors (Lipinski definition) is 3. The van der Waals surface area contributed by atoms with Gasteiger partial charge in [-0.2, -0.15) is 0 Å². The molecule has 1 aromatic carbocycles. The third kappa shape index (κ3) is 4.55. The Morgan fingerprint density at radius 2 is 1.73 bits per heavy atom. The maximum Gasteiger partial charge on any atom is 0.271 e. The van der Waals surface area contributed by atoms with Crippen LogP contribution in [0.15, 0.2) is 24.3 Å². The van der Waals surface area contributed by atoms with Crippen LogP contribution in [0, 0.1) is 12.8 Å². The number of ether oxygens (including phenoxy) is 1. The van der Waals surface area contributed by atoms with Crippen LogP contribution in [0.5, 0.6) is 5.75 Å². The first-order valence-electron chi connectivity index (χ1n) is 11.7. The molecule has 2 fully saturated rings. The van der Waals surface area contributed by atoms with E-state index in [9.17, 15) is 4.79 Å². The molecule has 2 aliphatic rings. The summed E-state index contributed by atoms with van der Waals surface area (Å²) in [4.78, 5) is 18.0. The number of hydrogen-bond donors (Lipinski definition) is 1. The van der Waals surface area contributed by atoms with E-state index in [4.69, 9.17) is 9.72 Å². The van der Waals surface area contributed by atoms with E-state index >= 15 is 0 Å². The number of rotatable bonds is 6. The van der Waals surface area contributed by atoms with Gasteiger partial charge in [0.15, 0.2) is 0 Å². The minimum absolute atomic E-state index is 0.0297. The van der Waals surface area contributed by atoms with Gasteiger partial charge in [-0.1, -0.05) is 50.7 Å². The molecule has 1 N–H and O–H groups in total. The Bertz CT molecular complexity index is 861. The van der Waals surface area contributed by atoms with Gasteiger partial charge in [-0.05, 0) is 50.7 Å². The first-order valence-corrected chi connectivity index (χ1v) is 11.7. The zero-order chi connectivity index (χ0) is 20.9. The highest BCUT2D eigenvalue weighted by atomic mass is 16.5. The SMILES string of the molecule is COc1ccccc1-c1nc(C(=O)NC2CCCCC2)c(C)n1CC1CCCCC1. The van der Waals surface area contributed by atoms with Crippen LogP contribution >= 0.6 is 0 Å². The van der Waals surface area contributed by atoms with Gasteiger partial charge in [-0.3, -0.25) is 4.79 Å². The Balaban J connectivity index is 1.67. The smallest absolute Gasteiger partial charge is 0.271 e. The van der Waals surface area contributed by atoms with Crippen molar-refractivity contribution in [2.75, 3.05) is 7.11 Å². The monoisotopic (exact) mass is 409 g/mol. The van der Waals surface area contributed by atoms with Gasteiger partial charge in [0.1, 0.15) is 17.3 Å². The van der Waals surface area contributed by atoms with E-state index in [0.717, 1.165) is 42.2 Å². The summed E-state index contributed by atoms with van der Waals surface area (Å²) < 4.78 is 7.89. The number of carbonyl (C=O) groups excluding carboxylic acids is 1. The molecule has 5 nitrogen and oxygen atoms in total. The molecule has 1 aromatic heterocycles. The molecule has 0 radical (unpaired) electrons. The van der Waals surface area contributed by atoms with Gasteiger partial charge < -0.3 is 14.6 Å². The molecule has 1 heterocycles. The van der Waals surface area contributed by atoms with Crippen molar-refractivity contribution >= 4 is 5.91 Å². The number of para-hydroxylation sites is 1. The molecule has 0 saturated heterocycles. The van der Waals surface area contributed by atoms with Gasteiger partial charge in [-0.25, -0.2) is 4.98 Å². The van der Waals surface area contributed by atoms with Crippen LogP contribution in [0.25, 0.3) is 11.4 Å². The summed E-state index contributed by atoms with van der Waals surface area (Å²) in [7, 11) is 1.69. The van der Waals surface area contributed by atoms with Crippen molar-refractivity contribution in [3.8, 4) is 17.1 Å². The second-order valence-corrected chi connectivity index (χ2v) is 8.99. The van der Waals surface area contributed by atoms with Crippen LogP contribution in [0.1, 0.15) is 80.4 Å². The average Bonchev–Trinajstić information content (AvgIpc) is 3.11. The second kappa shape index (κ2) is 9.67. The third-order valence-corrected chi connectivity index (χ3v) is 6.89. The molecule has 4 rings (SSSR count). The Kier molecular flexibility index (Phi) is 6.76. The number of carbonyl (C=O) groups is 1. The molecule has 0 bridgehead atoms. The molecular weight excluding hydrogens is 374 g/mol. The normalized spacial score (nSPS) is 18.3. The highest BCUT2D eigenvalue weighted by Crippen LogP contribution is 2.33. The van der Waals surface area contributed by atoms with E-state index in [1.807, 2.05) is 31.2 Å². The van der Waals surface area contributed by atoms with E-state index in [2.05, 4.69) is 9.88 Å². The Labute approximate surface area is 180 Å². The molecule has 30 heavy (non-hydrogen) atoms. The summed E-state index contributed by atoms with van der Waals surface area (Å²) in [6.45, 7) is 2.97. The summed E-state index contributed by atoms with van der Waals surface area (Å²) in [6, 6.07) is 8.27. The van der Waals surface area contributed by atoms with E-state index in [1.165, 1.54) is 51.4 Å². The molecule has 0 unspecified atom stereocenters. The summed E-state index contributed by atoms with van der Waals surface area (Å²) in [5, 5.41) is 3.25. The van der Waals surface area contributed by atoms with Crippen LogP contribution in [-0.2, 0) is 6.54 Å². The molecule has 1 amide bonds. The molecule has 0 aliphatic heterocycles. The number of aromatic nitrogens is 2. The van der Waals surface area contributed by atoms with E-state index < -0.39 is 0 Å². The fraction of sp³-hybridized carbons (Fsp3) is 0.600. The summed E-state index contributed by atoms with van der Waals surface area (Å²) in [5.74, 6) is 2.27. The molecule has 2 aromatic rings.